The van der Waals surface area contributed by atoms with Gasteiger partial charge in [-0.25, -0.2) is 9.67 Å². The molecule has 2 aromatic carbocycles. The van der Waals surface area contributed by atoms with Crippen LogP contribution in [0.2, 0.25) is 0 Å². The first-order valence-corrected chi connectivity index (χ1v) is 10.4. The van der Waals surface area contributed by atoms with Crippen LogP contribution in [0.5, 0.6) is 0 Å². The molecule has 0 bridgehead atoms. The van der Waals surface area contributed by atoms with E-state index in [0.717, 1.165) is 28.1 Å². The minimum atomic E-state index is -0.281. The summed E-state index contributed by atoms with van der Waals surface area (Å²) in [5.74, 6) is -0.0396. The van der Waals surface area contributed by atoms with Crippen LogP contribution in [0.4, 0.5) is 5.69 Å². The lowest BCUT2D eigenvalue weighted by Crippen LogP contribution is -2.16. The summed E-state index contributed by atoms with van der Waals surface area (Å²) in [4.78, 5) is 32.1. The van der Waals surface area contributed by atoms with Crippen molar-refractivity contribution >= 4 is 34.4 Å². The van der Waals surface area contributed by atoms with E-state index in [1.54, 1.807) is 4.68 Å². The molecule has 0 spiro atoms. The fraction of sp³-hybridized carbons (Fsp3) is 0.182. The summed E-state index contributed by atoms with van der Waals surface area (Å²) in [5, 5.41) is 8.00. The quantitative estimate of drug-likeness (QED) is 0.379. The fourth-order valence-corrected chi connectivity index (χ4v) is 3.85. The summed E-state index contributed by atoms with van der Waals surface area (Å²) in [7, 11) is 0. The van der Waals surface area contributed by atoms with E-state index in [4.69, 9.17) is 0 Å². The summed E-state index contributed by atoms with van der Waals surface area (Å²) in [6.07, 6.45) is 1.50. The van der Waals surface area contributed by atoms with Crippen molar-refractivity contribution in [3.05, 3.63) is 75.7 Å². The molecule has 152 valence electrons. The van der Waals surface area contributed by atoms with E-state index >= 15 is 0 Å². The number of carbonyl (C=O) groups excluding carboxylic acids is 1. The van der Waals surface area contributed by atoms with Crippen molar-refractivity contribution in [2.45, 2.75) is 25.9 Å². The Morgan fingerprint density at radius 1 is 1.13 bits per heavy atom. The third kappa shape index (κ3) is 4.13. The molecule has 2 N–H and O–H groups in total. The van der Waals surface area contributed by atoms with Crippen molar-refractivity contribution in [1.82, 2.24) is 19.7 Å². The smallest absolute Gasteiger partial charge is 0.262 e. The van der Waals surface area contributed by atoms with Crippen molar-refractivity contribution in [2.75, 3.05) is 11.1 Å². The number of nitrogens with one attached hydrogen (secondary N) is 2. The number of hydrogen-bond acceptors (Lipinski definition) is 5. The summed E-state index contributed by atoms with van der Waals surface area (Å²) < 4.78 is 1.64. The molecule has 0 unspecified atom stereocenters. The molecule has 1 amide bonds. The Balaban J connectivity index is 1.55. The topological polar surface area (TPSA) is 92.7 Å². The number of aromatic nitrogens is 4. The number of amides is 1. The highest BCUT2D eigenvalue weighted by Gasteiger charge is 2.13. The Kier molecular flexibility index (Phi) is 5.41. The van der Waals surface area contributed by atoms with Crippen LogP contribution in [-0.4, -0.2) is 31.4 Å². The molecule has 4 aromatic rings. The van der Waals surface area contributed by atoms with E-state index in [1.165, 1.54) is 18.0 Å². The normalized spacial score (nSPS) is 11.0. The van der Waals surface area contributed by atoms with Crippen molar-refractivity contribution in [3.8, 4) is 5.69 Å². The standard InChI is InChI=1S/C22H21N5O2S/c1-13-5-4-6-16(10-13)27-20-17(11-23-27)21(29)26-22(25-20)30-12-19(28)24-18-8-7-14(2)9-15(18)3/h4-11H,12H2,1-3H3,(H,24,28)(H,25,26,29). The van der Waals surface area contributed by atoms with Gasteiger partial charge in [0.2, 0.25) is 5.91 Å². The maximum atomic E-state index is 12.5. The largest absolute Gasteiger partial charge is 0.325 e. The van der Waals surface area contributed by atoms with Gasteiger partial charge < -0.3 is 10.3 Å². The molecule has 8 heteroatoms. The minimum absolute atomic E-state index is 0.125. The zero-order chi connectivity index (χ0) is 21.3. The number of benzene rings is 2. The Bertz CT molecular complexity index is 1310. The SMILES string of the molecule is Cc1cccc(-n2ncc3c(=O)[nH]c(SCC(=O)Nc4ccc(C)cc4C)nc32)c1. The van der Waals surface area contributed by atoms with E-state index in [2.05, 4.69) is 20.4 Å². The lowest BCUT2D eigenvalue weighted by atomic mass is 10.1. The van der Waals surface area contributed by atoms with Crippen molar-refractivity contribution < 1.29 is 4.79 Å². The van der Waals surface area contributed by atoms with E-state index in [0.29, 0.717) is 16.2 Å². The van der Waals surface area contributed by atoms with Crippen LogP contribution in [0.1, 0.15) is 16.7 Å². The molecule has 30 heavy (non-hydrogen) atoms. The maximum Gasteiger partial charge on any atom is 0.262 e. The number of hydrogen-bond donors (Lipinski definition) is 2. The van der Waals surface area contributed by atoms with Gasteiger partial charge in [-0.1, -0.05) is 41.6 Å². The third-order valence-corrected chi connectivity index (χ3v) is 5.53. The first kappa shape index (κ1) is 19.9. The van der Waals surface area contributed by atoms with E-state index in [9.17, 15) is 9.59 Å². The van der Waals surface area contributed by atoms with Crippen LogP contribution in [0.15, 0.2) is 58.6 Å². The van der Waals surface area contributed by atoms with Gasteiger partial charge in [0, 0.05) is 5.69 Å². The highest BCUT2D eigenvalue weighted by molar-refractivity contribution is 7.99. The number of nitrogens with zero attached hydrogens (tertiary/aromatic N) is 3. The summed E-state index contributed by atoms with van der Waals surface area (Å²) >= 11 is 1.18. The molecule has 0 aliphatic heterocycles. The molecule has 4 rings (SSSR count). The first-order chi connectivity index (χ1) is 14.4. The second-order valence-electron chi connectivity index (χ2n) is 7.16. The number of aryl methyl sites for hydroxylation is 3. The fourth-order valence-electron chi connectivity index (χ4n) is 3.19. The summed E-state index contributed by atoms with van der Waals surface area (Å²) in [5.41, 5.74) is 5.01. The van der Waals surface area contributed by atoms with Gasteiger partial charge in [0.05, 0.1) is 17.6 Å². The molecule has 7 nitrogen and oxygen atoms in total. The average molecular weight is 420 g/mol. The molecule has 0 saturated heterocycles. The Morgan fingerprint density at radius 3 is 2.70 bits per heavy atom. The molecule has 2 heterocycles. The van der Waals surface area contributed by atoms with Gasteiger partial charge in [-0.3, -0.25) is 9.59 Å². The number of anilines is 1. The van der Waals surface area contributed by atoms with Gasteiger partial charge in [-0.15, -0.1) is 0 Å². The molecule has 0 aliphatic rings. The number of fused-ring (bicyclic) bond motifs is 1. The Labute approximate surface area is 177 Å². The van der Waals surface area contributed by atoms with E-state index < -0.39 is 0 Å². The second kappa shape index (κ2) is 8.16. The summed E-state index contributed by atoms with van der Waals surface area (Å²) in [6.45, 7) is 5.95. The van der Waals surface area contributed by atoms with Gasteiger partial charge >= 0.3 is 0 Å². The van der Waals surface area contributed by atoms with E-state index in [-0.39, 0.29) is 17.2 Å². The van der Waals surface area contributed by atoms with Crippen molar-refractivity contribution in [2.24, 2.45) is 0 Å². The highest BCUT2D eigenvalue weighted by atomic mass is 32.2. The number of thioether (sulfide) groups is 1. The lowest BCUT2D eigenvalue weighted by molar-refractivity contribution is -0.113. The van der Waals surface area contributed by atoms with Crippen LogP contribution in [-0.2, 0) is 4.79 Å². The van der Waals surface area contributed by atoms with Gasteiger partial charge in [0.15, 0.2) is 10.8 Å². The molecule has 0 radical (unpaired) electrons. The maximum absolute atomic E-state index is 12.5. The molecule has 0 fully saturated rings. The van der Waals surface area contributed by atoms with Crippen LogP contribution < -0.4 is 10.9 Å². The minimum Gasteiger partial charge on any atom is -0.325 e. The van der Waals surface area contributed by atoms with Crippen molar-refractivity contribution in [1.29, 1.82) is 0 Å². The summed E-state index contributed by atoms with van der Waals surface area (Å²) in [6, 6.07) is 13.7. The molecular weight excluding hydrogens is 398 g/mol. The van der Waals surface area contributed by atoms with E-state index in [1.807, 2.05) is 63.2 Å². The number of aromatic amines is 1. The average Bonchev–Trinajstić information content (AvgIpc) is 3.13. The molecule has 0 aliphatic carbocycles. The zero-order valence-corrected chi connectivity index (χ0v) is 17.7. The van der Waals surface area contributed by atoms with Gasteiger partial charge in [-0.05, 0) is 50.1 Å². The molecule has 2 aromatic heterocycles. The Hall–Kier alpha value is -3.39. The number of carbonyl (C=O) groups is 1. The predicted molar refractivity (Wildman–Crippen MR) is 119 cm³/mol. The highest BCUT2D eigenvalue weighted by Crippen LogP contribution is 2.20. The molecule has 0 saturated carbocycles. The van der Waals surface area contributed by atoms with Gasteiger partial charge in [-0.2, -0.15) is 5.10 Å². The second-order valence-corrected chi connectivity index (χ2v) is 8.12. The van der Waals surface area contributed by atoms with Crippen LogP contribution in [0.3, 0.4) is 0 Å². The Morgan fingerprint density at radius 2 is 1.93 bits per heavy atom. The van der Waals surface area contributed by atoms with Crippen LogP contribution in [0, 0.1) is 20.8 Å². The van der Waals surface area contributed by atoms with Crippen molar-refractivity contribution in [3.63, 3.8) is 0 Å². The molecular formula is C22H21N5O2S. The van der Waals surface area contributed by atoms with Gasteiger partial charge in [0.1, 0.15) is 5.39 Å². The number of H-pyrrole nitrogens is 1. The third-order valence-electron chi connectivity index (χ3n) is 4.66. The number of rotatable bonds is 5. The lowest BCUT2D eigenvalue weighted by Gasteiger charge is -2.09. The first-order valence-electron chi connectivity index (χ1n) is 9.46. The zero-order valence-electron chi connectivity index (χ0n) is 16.9. The van der Waals surface area contributed by atoms with Crippen LogP contribution in [0.25, 0.3) is 16.7 Å². The molecule has 0 atom stereocenters. The van der Waals surface area contributed by atoms with Gasteiger partial charge in [0.25, 0.3) is 5.56 Å². The predicted octanol–water partition coefficient (Wildman–Crippen LogP) is 3.76. The van der Waals surface area contributed by atoms with Crippen LogP contribution >= 0.6 is 11.8 Å². The monoisotopic (exact) mass is 419 g/mol.